The Hall–Kier alpha value is -3.48. The molecule has 0 bridgehead atoms. The van der Waals surface area contributed by atoms with Gasteiger partial charge in [0, 0.05) is 12.3 Å². The molecule has 3 aromatic rings. The fraction of sp³-hybridized carbons (Fsp3) is 0.158. The number of hydrogen-bond acceptors (Lipinski definition) is 6. The predicted molar refractivity (Wildman–Crippen MR) is 99.3 cm³/mol. The SMILES string of the molecule is COc1ccc(C)cc1NC(=O)c1cc(NCc2ccccn2)ncn1. The molecule has 3 rings (SSSR count). The van der Waals surface area contributed by atoms with Crippen molar-refractivity contribution in [3.8, 4) is 5.75 Å². The highest BCUT2D eigenvalue weighted by atomic mass is 16.5. The number of nitrogens with one attached hydrogen (secondary N) is 2. The first-order valence-corrected chi connectivity index (χ1v) is 8.07. The van der Waals surface area contributed by atoms with Gasteiger partial charge in [0.2, 0.25) is 0 Å². The lowest BCUT2D eigenvalue weighted by Crippen LogP contribution is -2.15. The van der Waals surface area contributed by atoms with Crippen molar-refractivity contribution < 1.29 is 9.53 Å². The topological polar surface area (TPSA) is 89.0 Å². The number of carbonyl (C=O) groups is 1. The summed E-state index contributed by atoms with van der Waals surface area (Å²) in [5, 5.41) is 5.96. The van der Waals surface area contributed by atoms with Crippen molar-refractivity contribution in [1.29, 1.82) is 0 Å². The van der Waals surface area contributed by atoms with Gasteiger partial charge in [0.25, 0.3) is 5.91 Å². The molecule has 1 aromatic carbocycles. The van der Waals surface area contributed by atoms with E-state index in [1.807, 2.05) is 43.3 Å². The van der Waals surface area contributed by atoms with E-state index in [0.717, 1.165) is 11.3 Å². The molecule has 0 atom stereocenters. The third kappa shape index (κ3) is 4.32. The number of amides is 1. The molecule has 2 N–H and O–H groups in total. The standard InChI is InChI=1S/C19H19N5O2/c1-13-6-7-17(26-2)15(9-13)24-19(25)16-10-18(23-12-22-16)21-11-14-5-3-4-8-20-14/h3-10,12H,11H2,1-2H3,(H,24,25)(H,21,22,23). The third-order valence-electron chi connectivity index (χ3n) is 3.68. The molecule has 0 spiro atoms. The molecule has 132 valence electrons. The van der Waals surface area contributed by atoms with Gasteiger partial charge >= 0.3 is 0 Å². The van der Waals surface area contributed by atoms with E-state index < -0.39 is 0 Å². The number of pyridine rings is 1. The van der Waals surface area contributed by atoms with Crippen LogP contribution in [-0.2, 0) is 6.54 Å². The van der Waals surface area contributed by atoms with Crippen molar-refractivity contribution >= 4 is 17.4 Å². The number of aromatic nitrogens is 3. The Morgan fingerprint density at radius 3 is 2.77 bits per heavy atom. The lowest BCUT2D eigenvalue weighted by Gasteiger charge is -2.11. The Balaban J connectivity index is 1.71. The van der Waals surface area contributed by atoms with Gasteiger partial charge < -0.3 is 15.4 Å². The predicted octanol–water partition coefficient (Wildman–Crippen LogP) is 3.05. The van der Waals surface area contributed by atoms with Crippen LogP contribution in [0.4, 0.5) is 11.5 Å². The molecule has 0 aliphatic rings. The molecule has 0 unspecified atom stereocenters. The Morgan fingerprint density at radius 1 is 1.12 bits per heavy atom. The lowest BCUT2D eigenvalue weighted by atomic mass is 10.2. The summed E-state index contributed by atoms with van der Waals surface area (Å²) in [6, 6.07) is 12.8. The second-order valence-electron chi connectivity index (χ2n) is 5.62. The second-order valence-corrected chi connectivity index (χ2v) is 5.62. The summed E-state index contributed by atoms with van der Waals surface area (Å²) in [6.45, 7) is 2.45. The molecule has 0 aliphatic carbocycles. The number of carbonyl (C=O) groups excluding carboxylic acids is 1. The highest BCUT2D eigenvalue weighted by Crippen LogP contribution is 2.25. The normalized spacial score (nSPS) is 10.2. The van der Waals surface area contributed by atoms with E-state index in [2.05, 4.69) is 25.6 Å². The van der Waals surface area contributed by atoms with Crippen LogP contribution in [-0.4, -0.2) is 28.0 Å². The zero-order chi connectivity index (χ0) is 18.4. The van der Waals surface area contributed by atoms with Gasteiger partial charge in [-0.1, -0.05) is 12.1 Å². The zero-order valence-corrected chi connectivity index (χ0v) is 14.6. The van der Waals surface area contributed by atoms with E-state index in [1.165, 1.54) is 6.33 Å². The fourth-order valence-electron chi connectivity index (χ4n) is 2.37. The smallest absolute Gasteiger partial charge is 0.274 e. The van der Waals surface area contributed by atoms with E-state index >= 15 is 0 Å². The minimum absolute atomic E-state index is 0.257. The summed E-state index contributed by atoms with van der Waals surface area (Å²) < 4.78 is 5.28. The maximum atomic E-state index is 12.5. The maximum absolute atomic E-state index is 12.5. The molecular formula is C19H19N5O2. The summed E-state index contributed by atoms with van der Waals surface area (Å²) >= 11 is 0. The number of ether oxygens (including phenoxy) is 1. The summed E-state index contributed by atoms with van der Waals surface area (Å²) in [5.41, 5.74) is 2.74. The fourth-order valence-corrected chi connectivity index (χ4v) is 2.37. The van der Waals surface area contributed by atoms with E-state index in [1.54, 1.807) is 19.4 Å². The zero-order valence-electron chi connectivity index (χ0n) is 14.6. The van der Waals surface area contributed by atoms with Gasteiger partial charge in [0.1, 0.15) is 23.6 Å². The number of anilines is 2. The molecule has 1 amide bonds. The van der Waals surface area contributed by atoms with Gasteiger partial charge in [-0.05, 0) is 36.8 Å². The van der Waals surface area contributed by atoms with Crippen LogP contribution in [0.25, 0.3) is 0 Å². The van der Waals surface area contributed by atoms with Gasteiger partial charge in [-0.25, -0.2) is 9.97 Å². The van der Waals surface area contributed by atoms with Crippen molar-refractivity contribution in [3.63, 3.8) is 0 Å². The average molecular weight is 349 g/mol. The largest absolute Gasteiger partial charge is 0.495 e. The average Bonchev–Trinajstić information content (AvgIpc) is 2.67. The van der Waals surface area contributed by atoms with E-state index in [-0.39, 0.29) is 11.6 Å². The number of methoxy groups -OCH3 is 1. The number of nitrogens with zero attached hydrogens (tertiary/aromatic N) is 3. The van der Waals surface area contributed by atoms with Gasteiger partial charge in [0.15, 0.2) is 0 Å². The molecule has 0 radical (unpaired) electrons. The van der Waals surface area contributed by atoms with Crippen molar-refractivity contribution in [2.24, 2.45) is 0 Å². The minimum Gasteiger partial charge on any atom is -0.495 e. The van der Waals surface area contributed by atoms with E-state index in [4.69, 9.17) is 4.74 Å². The maximum Gasteiger partial charge on any atom is 0.274 e. The molecule has 0 fully saturated rings. The van der Waals surface area contributed by atoms with Crippen LogP contribution in [0.5, 0.6) is 5.75 Å². The van der Waals surface area contributed by atoms with Crippen LogP contribution in [0.2, 0.25) is 0 Å². The number of aryl methyl sites for hydroxylation is 1. The molecule has 2 aromatic heterocycles. The molecular weight excluding hydrogens is 330 g/mol. The number of hydrogen-bond donors (Lipinski definition) is 2. The molecule has 7 nitrogen and oxygen atoms in total. The van der Waals surface area contributed by atoms with Crippen LogP contribution in [0.1, 0.15) is 21.7 Å². The van der Waals surface area contributed by atoms with Gasteiger partial charge in [-0.2, -0.15) is 0 Å². The summed E-state index contributed by atoms with van der Waals surface area (Å²) in [6.07, 6.45) is 3.08. The summed E-state index contributed by atoms with van der Waals surface area (Å²) in [7, 11) is 1.56. The minimum atomic E-state index is -0.336. The van der Waals surface area contributed by atoms with E-state index in [9.17, 15) is 4.79 Å². The van der Waals surface area contributed by atoms with Gasteiger partial charge in [0.05, 0.1) is 25.0 Å². The van der Waals surface area contributed by atoms with Crippen LogP contribution in [0, 0.1) is 6.92 Å². The summed E-state index contributed by atoms with van der Waals surface area (Å²) in [5.74, 6) is 0.802. The third-order valence-corrected chi connectivity index (χ3v) is 3.68. The van der Waals surface area contributed by atoms with Crippen LogP contribution >= 0.6 is 0 Å². The first-order chi connectivity index (χ1) is 12.7. The lowest BCUT2D eigenvalue weighted by molar-refractivity contribution is 0.102. The van der Waals surface area contributed by atoms with E-state index in [0.29, 0.717) is 23.8 Å². The van der Waals surface area contributed by atoms with Gasteiger partial charge in [-0.3, -0.25) is 9.78 Å². The Kier molecular flexibility index (Phi) is 5.38. The molecule has 26 heavy (non-hydrogen) atoms. The molecule has 0 aliphatic heterocycles. The van der Waals surface area contributed by atoms with Crippen molar-refractivity contribution in [3.05, 3.63) is 71.9 Å². The van der Waals surface area contributed by atoms with Crippen molar-refractivity contribution in [2.75, 3.05) is 17.7 Å². The molecule has 2 heterocycles. The number of benzene rings is 1. The number of rotatable bonds is 6. The van der Waals surface area contributed by atoms with Crippen LogP contribution < -0.4 is 15.4 Å². The highest BCUT2D eigenvalue weighted by molar-refractivity contribution is 6.04. The molecule has 0 saturated carbocycles. The Bertz CT molecular complexity index is 899. The first kappa shape index (κ1) is 17.3. The monoisotopic (exact) mass is 349 g/mol. The molecule has 7 heteroatoms. The second kappa shape index (κ2) is 8.06. The Morgan fingerprint density at radius 2 is 2.00 bits per heavy atom. The van der Waals surface area contributed by atoms with Gasteiger partial charge in [-0.15, -0.1) is 0 Å². The first-order valence-electron chi connectivity index (χ1n) is 8.07. The highest BCUT2D eigenvalue weighted by Gasteiger charge is 2.12. The summed E-state index contributed by atoms with van der Waals surface area (Å²) in [4.78, 5) is 24.9. The van der Waals surface area contributed by atoms with Crippen molar-refractivity contribution in [1.82, 2.24) is 15.0 Å². The van der Waals surface area contributed by atoms with Crippen LogP contribution in [0.15, 0.2) is 55.0 Å². The molecule has 0 saturated heterocycles. The quantitative estimate of drug-likeness (QED) is 0.711. The Labute approximate surface area is 151 Å². The van der Waals surface area contributed by atoms with Crippen LogP contribution in [0.3, 0.4) is 0 Å². The van der Waals surface area contributed by atoms with Crippen molar-refractivity contribution in [2.45, 2.75) is 13.5 Å².